The quantitative estimate of drug-likeness (QED) is 0.320. The lowest BCUT2D eigenvalue weighted by Gasteiger charge is -2.22. The zero-order valence-electron chi connectivity index (χ0n) is 16.1. The van der Waals surface area contributed by atoms with Gasteiger partial charge in [0.15, 0.2) is 5.96 Å². The number of rotatable bonds is 7. The van der Waals surface area contributed by atoms with Crippen LogP contribution < -0.4 is 10.0 Å². The second-order valence-corrected chi connectivity index (χ2v) is 8.37. The number of para-hydroxylation sites is 1. The Balaban J connectivity index is 0.00000392. The molecule has 0 fully saturated rings. The molecule has 0 radical (unpaired) electrons. The highest BCUT2D eigenvalue weighted by molar-refractivity contribution is 14.0. The van der Waals surface area contributed by atoms with Crippen LogP contribution >= 0.6 is 35.6 Å². The summed E-state index contributed by atoms with van der Waals surface area (Å²) in [5.41, 5.74) is 2.42. The molecule has 9 heteroatoms. The van der Waals surface area contributed by atoms with E-state index in [9.17, 15) is 8.42 Å². The van der Waals surface area contributed by atoms with Gasteiger partial charge in [0, 0.05) is 25.2 Å². The van der Waals surface area contributed by atoms with Crippen LogP contribution in [0, 0.1) is 0 Å². The molecule has 0 bridgehead atoms. The summed E-state index contributed by atoms with van der Waals surface area (Å²) in [6, 6.07) is 14.9. The Morgan fingerprint density at radius 1 is 1.18 bits per heavy atom. The largest absolute Gasteiger partial charge is 0.357 e. The maximum absolute atomic E-state index is 11.6. The van der Waals surface area contributed by atoms with Gasteiger partial charge in [-0.15, -0.1) is 24.0 Å². The van der Waals surface area contributed by atoms with Crippen molar-refractivity contribution in [1.29, 1.82) is 0 Å². The van der Waals surface area contributed by atoms with Crippen LogP contribution in [0.4, 0.5) is 5.69 Å². The molecular formula is C19H26ClIN4O2S. The number of sulfonamides is 1. The van der Waals surface area contributed by atoms with Gasteiger partial charge in [-0.05, 0) is 36.2 Å². The molecule has 0 aliphatic rings. The highest BCUT2D eigenvalue weighted by Crippen LogP contribution is 2.17. The number of hydrogen-bond donors (Lipinski definition) is 2. The molecule has 2 aromatic rings. The van der Waals surface area contributed by atoms with Gasteiger partial charge in [0.25, 0.3) is 0 Å². The van der Waals surface area contributed by atoms with Crippen molar-refractivity contribution in [3.8, 4) is 0 Å². The Kier molecular flexibility index (Phi) is 10.0. The molecule has 0 aliphatic carbocycles. The minimum absolute atomic E-state index is 0. The topological polar surface area (TPSA) is 73.8 Å². The van der Waals surface area contributed by atoms with Crippen molar-refractivity contribution in [1.82, 2.24) is 10.2 Å². The number of anilines is 1. The van der Waals surface area contributed by atoms with E-state index in [-0.39, 0.29) is 24.0 Å². The third kappa shape index (κ3) is 8.24. The van der Waals surface area contributed by atoms with E-state index in [2.05, 4.69) is 15.0 Å². The Labute approximate surface area is 189 Å². The van der Waals surface area contributed by atoms with Gasteiger partial charge >= 0.3 is 0 Å². The molecule has 0 heterocycles. The van der Waals surface area contributed by atoms with Crippen LogP contribution in [0.25, 0.3) is 0 Å². The number of guanidine groups is 1. The van der Waals surface area contributed by atoms with Crippen molar-refractivity contribution in [3.05, 3.63) is 64.7 Å². The molecule has 0 saturated heterocycles. The van der Waals surface area contributed by atoms with Crippen LogP contribution in [0.1, 0.15) is 18.1 Å². The number of nitrogens with zero attached hydrogens (tertiary/aromatic N) is 2. The van der Waals surface area contributed by atoms with E-state index in [0.29, 0.717) is 23.8 Å². The van der Waals surface area contributed by atoms with Crippen LogP contribution in [-0.2, 0) is 23.1 Å². The van der Waals surface area contributed by atoms with Gasteiger partial charge < -0.3 is 10.2 Å². The Morgan fingerprint density at radius 3 is 2.54 bits per heavy atom. The first-order valence-electron chi connectivity index (χ1n) is 8.58. The molecular weight excluding hydrogens is 511 g/mol. The molecule has 28 heavy (non-hydrogen) atoms. The molecule has 0 atom stereocenters. The standard InChI is InChI=1S/C19H25ClN4O2S.HI/c1-4-21-19(24(2)14-15-8-7-10-17(20)12-15)22-13-16-9-5-6-11-18(16)23-27(3,25)26;/h5-12,23H,4,13-14H2,1-3H3,(H,21,22);1H. The number of nitrogens with one attached hydrogen (secondary N) is 2. The fourth-order valence-electron chi connectivity index (χ4n) is 2.57. The molecule has 0 unspecified atom stereocenters. The SMILES string of the molecule is CCNC(=NCc1ccccc1NS(C)(=O)=O)N(C)Cc1cccc(Cl)c1.I. The predicted molar refractivity (Wildman–Crippen MR) is 128 cm³/mol. The van der Waals surface area contributed by atoms with Crippen molar-refractivity contribution in [2.24, 2.45) is 4.99 Å². The Morgan fingerprint density at radius 2 is 1.89 bits per heavy atom. The molecule has 154 valence electrons. The van der Waals surface area contributed by atoms with E-state index in [4.69, 9.17) is 11.6 Å². The maximum Gasteiger partial charge on any atom is 0.229 e. The van der Waals surface area contributed by atoms with Crippen LogP contribution in [-0.4, -0.2) is 39.1 Å². The predicted octanol–water partition coefficient (Wildman–Crippen LogP) is 3.93. The van der Waals surface area contributed by atoms with E-state index >= 15 is 0 Å². The van der Waals surface area contributed by atoms with E-state index in [1.54, 1.807) is 12.1 Å². The zero-order chi connectivity index (χ0) is 19.9. The minimum Gasteiger partial charge on any atom is -0.357 e. The van der Waals surface area contributed by atoms with E-state index in [0.717, 1.165) is 29.9 Å². The normalized spacial score (nSPS) is 11.5. The van der Waals surface area contributed by atoms with Crippen LogP contribution in [0.3, 0.4) is 0 Å². The van der Waals surface area contributed by atoms with Crippen molar-refractivity contribution in [3.63, 3.8) is 0 Å². The second-order valence-electron chi connectivity index (χ2n) is 6.19. The van der Waals surface area contributed by atoms with E-state index in [1.165, 1.54) is 0 Å². The summed E-state index contributed by atoms with van der Waals surface area (Å²) < 4.78 is 25.6. The number of benzene rings is 2. The average molecular weight is 537 g/mol. The van der Waals surface area contributed by atoms with Gasteiger partial charge in [-0.25, -0.2) is 13.4 Å². The average Bonchev–Trinajstić information content (AvgIpc) is 2.58. The Bertz CT molecular complexity index is 906. The molecule has 0 spiro atoms. The van der Waals surface area contributed by atoms with Gasteiger partial charge in [-0.3, -0.25) is 4.72 Å². The fraction of sp³-hybridized carbons (Fsp3) is 0.316. The van der Waals surface area contributed by atoms with Crippen LogP contribution in [0.2, 0.25) is 5.02 Å². The smallest absolute Gasteiger partial charge is 0.229 e. The summed E-state index contributed by atoms with van der Waals surface area (Å²) in [4.78, 5) is 6.66. The van der Waals surface area contributed by atoms with E-state index < -0.39 is 10.0 Å². The maximum atomic E-state index is 11.6. The summed E-state index contributed by atoms with van der Waals surface area (Å²) in [6.07, 6.45) is 1.13. The van der Waals surface area contributed by atoms with Crippen molar-refractivity contribution in [2.45, 2.75) is 20.0 Å². The highest BCUT2D eigenvalue weighted by Gasteiger charge is 2.10. The molecule has 2 N–H and O–H groups in total. The van der Waals surface area contributed by atoms with Crippen LogP contribution in [0.15, 0.2) is 53.5 Å². The minimum atomic E-state index is -3.35. The molecule has 0 aromatic heterocycles. The van der Waals surface area contributed by atoms with Crippen LogP contribution in [0.5, 0.6) is 0 Å². The van der Waals surface area contributed by atoms with Gasteiger partial charge in [0.05, 0.1) is 18.5 Å². The van der Waals surface area contributed by atoms with Gasteiger partial charge in [0.2, 0.25) is 10.0 Å². The summed E-state index contributed by atoms with van der Waals surface area (Å²) >= 11 is 6.06. The fourth-order valence-corrected chi connectivity index (χ4v) is 3.38. The lowest BCUT2D eigenvalue weighted by atomic mass is 10.2. The summed E-state index contributed by atoms with van der Waals surface area (Å²) in [6.45, 7) is 3.72. The number of halogens is 2. The summed E-state index contributed by atoms with van der Waals surface area (Å²) in [5, 5.41) is 3.96. The van der Waals surface area contributed by atoms with Crippen molar-refractivity contribution < 1.29 is 8.42 Å². The highest BCUT2D eigenvalue weighted by atomic mass is 127. The third-order valence-corrected chi connectivity index (χ3v) is 4.54. The molecule has 2 aromatic carbocycles. The monoisotopic (exact) mass is 536 g/mol. The summed E-state index contributed by atoms with van der Waals surface area (Å²) in [5.74, 6) is 0.728. The van der Waals surface area contributed by atoms with Crippen molar-refractivity contribution in [2.75, 3.05) is 24.6 Å². The number of aliphatic imine (C=N–C) groups is 1. The van der Waals surface area contributed by atoms with Gasteiger partial charge in [-0.2, -0.15) is 0 Å². The lowest BCUT2D eigenvalue weighted by Crippen LogP contribution is -2.38. The lowest BCUT2D eigenvalue weighted by molar-refractivity contribution is 0.477. The molecule has 6 nitrogen and oxygen atoms in total. The van der Waals surface area contributed by atoms with Crippen molar-refractivity contribution >= 4 is 57.2 Å². The first kappa shape index (κ1) is 24.5. The number of hydrogen-bond acceptors (Lipinski definition) is 3. The van der Waals surface area contributed by atoms with E-state index in [1.807, 2.05) is 55.3 Å². The first-order valence-corrected chi connectivity index (χ1v) is 10.8. The molecule has 0 amide bonds. The first-order chi connectivity index (χ1) is 12.8. The third-order valence-electron chi connectivity index (χ3n) is 3.72. The summed E-state index contributed by atoms with van der Waals surface area (Å²) in [7, 11) is -1.40. The Hall–Kier alpha value is -1.52. The molecule has 2 rings (SSSR count). The molecule has 0 aliphatic heterocycles. The van der Waals surface area contributed by atoms with Gasteiger partial charge in [-0.1, -0.05) is 41.9 Å². The second kappa shape index (κ2) is 11.5. The molecule has 0 saturated carbocycles. The van der Waals surface area contributed by atoms with Gasteiger partial charge in [0.1, 0.15) is 0 Å². The zero-order valence-corrected chi connectivity index (χ0v) is 20.0.